The normalized spacial score (nSPS) is 12.6. The molecule has 0 radical (unpaired) electrons. The monoisotopic (exact) mass is 204 g/mol. The summed E-state index contributed by atoms with van der Waals surface area (Å²) in [6, 6.07) is 6.70. The summed E-state index contributed by atoms with van der Waals surface area (Å²) in [5, 5.41) is 13.1. The third kappa shape index (κ3) is 2.32. The van der Waals surface area contributed by atoms with E-state index < -0.39 is 0 Å². The van der Waals surface area contributed by atoms with Gasteiger partial charge in [-0.05, 0) is 17.7 Å². The van der Waals surface area contributed by atoms with Gasteiger partial charge in [0.25, 0.3) is 0 Å². The van der Waals surface area contributed by atoms with Crippen molar-refractivity contribution in [3.8, 4) is 5.75 Å². The van der Waals surface area contributed by atoms with Gasteiger partial charge in [0, 0.05) is 6.04 Å². The molecule has 1 aromatic heterocycles. The van der Waals surface area contributed by atoms with Crippen LogP contribution in [0, 0.1) is 0 Å². The maximum absolute atomic E-state index is 9.13. The Kier molecular flexibility index (Phi) is 2.64. The first-order valence-corrected chi connectivity index (χ1v) is 4.62. The second kappa shape index (κ2) is 4.10. The molecule has 5 heteroatoms. The summed E-state index contributed by atoms with van der Waals surface area (Å²) in [6.07, 6.45) is 3.10. The first kappa shape index (κ1) is 9.67. The molecule has 78 valence electrons. The molecule has 1 heterocycles. The van der Waals surface area contributed by atoms with Crippen LogP contribution in [-0.2, 0) is 6.54 Å². The Morgan fingerprint density at radius 1 is 1.33 bits per heavy atom. The maximum Gasteiger partial charge on any atom is 0.137 e. The summed E-state index contributed by atoms with van der Waals surface area (Å²) >= 11 is 0. The Labute approximate surface area is 87.2 Å². The molecular formula is C10H12N4O. The van der Waals surface area contributed by atoms with E-state index in [0.717, 1.165) is 5.56 Å². The third-order valence-electron chi connectivity index (χ3n) is 2.17. The van der Waals surface area contributed by atoms with Crippen LogP contribution >= 0.6 is 0 Å². The van der Waals surface area contributed by atoms with E-state index in [-0.39, 0.29) is 11.8 Å². The number of aromatic nitrogens is 3. The van der Waals surface area contributed by atoms with Gasteiger partial charge in [0.2, 0.25) is 0 Å². The third-order valence-corrected chi connectivity index (χ3v) is 2.17. The quantitative estimate of drug-likeness (QED) is 0.770. The van der Waals surface area contributed by atoms with E-state index >= 15 is 0 Å². The van der Waals surface area contributed by atoms with E-state index in [4.69, 9.17) is 10.8 Å². The van der Waals surface area contributed by atoms with Gasteiger partial charge in [-0.1, -0.05) is 12.1 Å². The minimum absolute atomic E-state index is 0.146. The van der Waals surface area contributed by atoms with E-state index in [0.29, 0.717) is 6.54 Å². The number of phenolic OH excluding ortho intramolecular Hbond substituents is 1. The summed E-state index contributed by atoms with van der Waals surface area (Å²) < 4.78 is 1.68. The molecule has 3 N–H and O–H groups in total. The lowest BCUT2D eigenvalue weighted by atomic mass is 10.1. The van der Waals surface area contributed by atoms with E-state index in [9.17, 15) is 0 Å². The first-order valence-electron chi connectivity index (χ1n) is 4.62. The summed E-state index contributed by atoms with van der Waals surface area (Å²) in [4.78, 5) is 3.84. The number of nitrogens with two attached hydrogens (primary N) is 1. The molecule has 0 bridgehead atoms. The maximum atomic E-state index is 9.13. The smallest absolute Gasteiger partial charge is 0.137 e. The second-order valence-electron chi connectivity index (χ2n) is 3.32. The minimum Gasteiger partial charge on any atom is -0.508 e. The Morgan fingerprint density at radius 3 is 2.67 bits per heavy atom. The van der Waals surface area contributed by atoms with E-state index in [1.807, 2.05) is 0 Å². The average Bonchev–Trinajstić information content (AvgIpc) is 2.71. The summed E-state index contributed by atoms with van der Waals surface area (Å²) in [5.41, 5.74) is 6.93. The van der Waals surface area contributed by atoms with Crippen LogP contribution in [0.4, 0.5) is 0 Å². The van der Waals surface area contributed by atoms with Crippen LogP contribution in [-0.4, -0.2) is 19.9 Å². The fourth-order valence-corrected chi connectivity index (χ4v) is 1.36. The SMILES string of the molecule is NC(Cn1cncn1)c1ccc(O)cc1. The number of phenols is 1. The highest BCUT2D eigenvalue weighted by molar-refractivity contribution is 5.27. The highest BCUT2D eigenvalue weighted by atomic mass is 16.3. The molecule has 2 rings (SSSR count). The van der Waals surface area contributed by atoms with Crippen molar-refractivity contribution in [2.75, 3.05) is 0 Å². The number of rotatable bonds is 3. The topological polar surface area (TPSA) is 77.0 Å². The molecular weight excluding hydrogens is 192 g/mol. The molecule has 0 aliphatic rings. The number of hydrogen-bond acceptors (Lipinski definition) is 4. The van der Waals surface area contributed by atoms with Gasteiger partial charge in [-0.2, -0.15) is 5.10 Å². The van der Waals surface area contributed by atoms with Gasteiger partial charge in [0.1, 0.15) is 18.4 Å². The van der Waals surface area contributed by atoms with Gasteiger partial charge in [-0.15, -0.1) is 0 Å². The van der Waals surface area contributed by atoms with E-state index in [2.05, 4.69) is 10.1 Å². The van der Waals surface area contributed by atoms with E-state index in [1.54, 1.807) is 35.3 Å². The summed E-state index contributed by atoms with van der Waals surface area (Å²) in [5.74, 6) is 0.242. The Balaban J connectivity index is 2.08. The standard InChI is InChI=1S/C10H12N4O/c11-10(5-14-7-12-6-13-14)8-1-3-9(15)4-2-8/h1-4,6-7,10,15H,5,11H2. The molecule has 0 amide bonds. The van der Waals surface area contributed by atoms with Crippen LogP contribution in [0.2, 0.25) is 0 Å². The molecule has 0 aliphatic heterocycles. The molecule has 0 spiro atoms. The minimum atomic E-state index is -0.146. The molecule has 0 saturated heterocycles. The zero-order valence-electron chi connectivity index (χ0n) is 8.11. The largest absolute Gasteiger partial charge is 0.508 e. The van der Waals surface area contributed by atoms with Gasteiger partial charge in [-0.3, -0.25) is 4.68 Å². The number of aromatic hydroxyl groups is 1. The predicted molar refractivity (Wildman–Crippen MR) is 55.1 cm³/mol. The van der Waals surface area contributed by atoms with Gasteiger partial charge in [0.05, 0.1) is 6.54 Å². The predicted octanol–water partition coefficient (Wildman–Crippen LogP) is 0.684. The molecule has 0 saturated carbocycles. The fraction of sp³-hybridized carbons (Fsp3) is 0.200. The van der Waals surface area contributed by atoms with Crippen LogP contribution < -0.4 is 5.73 Å². The van der Waals surface area contributed by atoms with Crippen LogP contribution in [0.15, 0.2) is 36.9 Å². The van der Waals surface area contributed by atoms with Gasteiger partial charge >= 0.3 is 0 Å². The fourth-order valence-electron chi connectivity index (χ4n) is 1.36. The number of benzene rings is 1. The van der Waals surface area contributed by atoms with Gasteiger partial charge in [-0.25, -0.2) is 4.98 Å². The van der Waals surface area contributed by atoms with Crippen LogP contribution in [0.25, 0.3) is 0 Å². The first-order chi connectivity index (χ1) is 7.25. The van der Waals surface area contributed by atoms with E-state index in [1.165, 1.54) is 6.33 Å². The molecule has 0 fully saturated rings. The van der Waals surface area contributed by atoms with Crippen molar-refractivity contribution in [3.05, 3.63) is 42.5 Å². The molecule has 2 aromatic rings. The Bertz CT molecular complexity index is 409. The molecule has 5 nitrogen and oxygen atoms in total. The van der Waals surface area contributed by atoms with Crippen molar-refractivity contribution in [1.29, 1.82) is 0 Å². The molecule has 1 unspecified atom stereocenters. The molecule has 1 atom stereocenters. The Hall–Kier alpha value is -1.88. The molecule has 0 aliphatic carbocycles. The van der Waals surface area contributed by atoms with Crippen molar-refractivity contribution < 1.29 is 5.11 Å². The van der Waals surface area contributed by atoms with Crippen molar-refractivity contribution in [2.24, 2.45) is 5.73 Å². The second-order valence-corrected chi connectivity index (χ2v) is 3.32. The molecule has 1 aromatic carbocycles. The highest BCUT2D eigenvalue weighted by Gasteiger charge is 2.06. The van der Waals surface area contributed by atoms with Crippen LogP contribution in [0.5, 0.6) is 5.75 Å². The highest BCUT2D eigenvalue weighted by Crippen LogP contribution is 2.15. The zero-order valence-corrected chi connectivity index (χ0v) is 8.11. The number of nitrogens with zero attached hydrogens (tertiary/aromatic N) is 3. The lowest BCUT2D eigenvalue weighted by Gasteiger charge is -2.11. The summed E-state index contributed by atoms with van der Waals surface area (Å²) in [7, 11) is 0. The van der Waals surface area contributed by atoms with Crippen molar-refractivity contribution in [3.63, 3.8) is 0 Å². The Morgan fingerprint density at radius 2 is 2.07 bits per heavy atom. The zero-order chi connectivity index (χ0) is 10.7. The average molecular weight is 204 g/mol. The lowest BCUT2D eigenvalue weighted by molar-refractivity contribution is 0.474. The number of hydrogen-bond donors (Lipinski definition) is 2. The molecule has 15 heavy (non-hydrogen) atoms. The van der Waals surface area contributed by atoms with Crippen molar-refractivity contribution in [1.82, 2.24) is 14.8 Å². The summed E-state index contributed by atoms with van der Waals surface area (Å²) in [6.45, 7) is 0.574. The van der Waals surface area contributed by atoms with Gasteiger partial charge < -0.3 is 10.8 Å². The van der Waals surface area contributed by atoms with Crippen LogP contribution in [0.3, 0.4) is 0 Å². The lowest BCUT2D eigenvalue weighted by Crippen LogP contribution is -2.17. The van der Waals surface area contributed by atoms with Crippen LogP contribution in [0.1, 0.15) is 11.6 Å². The van der Waals surface area contributed by atoms with Crippen molar-refractivity contribution in [2.45, 2.75) is 12.6 Å². The van der Waals surface area contributed by atoms with Crippen molar-refractivity contribution >= 4 is 0 Å². The van der Waals surface area contributed by atoms with Gasteiger partial charge in [0.15, 0.2) is 0 Å².